The van der Waals surface area contributed by atoms with Gasteiger partial charge in [0.2, 0.25) is 15.9 Å². The lowest BCUT2D eigenvalue weighted by Crippen LogP contribution is -2.28. The Bertz CT molecular complexity index is 1220. The van der Waals surface area contributed by atoms with Gasteiger partial charge in [-0.1, -0.05) is 11.6 Å². The Kier molecular flexibility index (Phi) is 5.86. The summed E-state index contributed by atoms with van der Waals surface area (Å²) in [4.78, 5) is 15.6. The molecular weight excluding hydrogens is 446 g/mol. The number of hydrogen-bond acceptors (Lipinski definition) is 7. The summed E-state index contributed by atoms with van der Waals surface area (Å²) in [5, 5.41) is 2.55. The van der Waals surface area contributed by atoms with E-state index < -0.39 is 10.0 Å². The first-order valence-electron chi connectivity index (χ1n) is 9.20. The van der Waals surface area contributed by atoms with E-state index in [9.17, 15) is 13.2 Å². The number of nitrogens with one attached hydrogen (secondary N) is 2. The second kappa shape index (κ2) is 8.58. The molecular formula is C20H18ClN3O6S. The van der Waals surface area contributed by atoms with Crippen molar-refractivity contribution in [1.82, 2.24) is 9.71 Å². The molecule has 1 aromatic heterocycles. The molecule has 4 rings (SSSR count). The van der Waals surface area contributed by atoms with Crippen molar-refractivity contribution in [3.8, 4) is 23.0 Å². The van der Waals surface area contributed by atoms with Gasteiger partial charge in [-0.2, -0.15) is 0 Å². The van der Waals surface area contributed by atoms with E-state index in [0.717, 1.165) is 11.3 Å². The molecule has 1 aliphatic rings. The molecule has 1 aliphatic heterocycles. The van der Waals surface area contributed by atoms with Crippen LogP contribution < -0.4 is 19.5 Å². The monoisotopic (exact) mass is 463 g/mol. The van der Waals surface area contributed by atoms with Crippen molar-refractivity contribution in [2.24, 2.45) is 0 Å². The van der Waals surface area contributed by atoms with Crippen LogP contribution >= 0.6 is 11.6 Å². The highest BCUT2D eigenvalue weighted by atomic mass is 35.5. The smallest absolute Gasteiger partial charge is 0.262 e. The average molecular weight is 464 g/mol. The van der Waals surface area contributed by atoms with Crippen LogP contribution in [0.25, 0.3) is 11.5 Å². The summed E-state index contributed by atoms with van der Waals surface area (Å²) in [6, 6.07) is 9.87. The highest BCUT2D eigenvalue weighted by Crippen LogP contribution is 2.35. The van der Waals surface area contributed by atoms with Gasteiger partial charge in [-0.3, -0.25) is 4.79 Å². The van der Waals surface area contributed by atoms with Gasteiger partial charge in [0.25, 0.3) is 5.91 Å². The van der Waals surface area contributed by atoms with Crippen LogP contribution in [0, 0.1) is 0 Å². The Hall–Kier alpha value is -3.08. The Labute approximate surface area is 183 Å². The zero-order valence-corrected chi connectivity index (χ0v) is 17.9. The average Bonchev–Trinajstić information content (AvgIpc) is 3.22. The third-order valence-electron chi connectivity index (χ3n) is 4.52. The molecule has 0 radical (unpaired) electrons. The van der Waals surface area contributed by atoms with Gasteiger partial charge in [0.1, 0.15) is 22.7 Å². The van der Waals surface area contributed by atoms with Crippen LogP contribution in [0.4, 0.5) is 5.69 Å². The zero-order valence-electron chi connectivity index (χ0n) is 16.3. The quantitative estimate of drug-likeness (QED) is 0.552. The van der Waals surface area contributed by atoms with E-state index in [1.807, 2.05) is 12.1 Å². The van der Waals surface area contributed by atoms with Crippen molar-refractivity contribution in [2.45, 2.75) is 11.3 Å². The molecule has 0 spiro atoms. The van der Waals surface area contributed by atoms with E-state index in [0.29, 0.717) is 23.7 Å². The van der Waals surface area contributed by atoms with Gasteiger partial charge in [-0.25, -0.2) is 18.1 Å². The number of fused-ring (bicyclic) bond motifs is 1. The number of nitrogens with zero attached hydrogens (tertiary/aromatic N) is 1. The van der Waals surface area contributed by atoms with Gasteiger partial charge in [0, 0.05) is 24.6 Å². The third-order valence-corrected chi connectivity index (χ3v) is 6.44. The van der Waals surface area contributed by atoms with E-state index in [1.165, 1.54) is 18.4 Å². The van der Waals surface area contributed by atoms with Crippen LogP contribution in [0.5, 0.6) is 11.5 Å². The molecule has 0 fully saturated rings. The highest BCUT2D eigenvalue weighted by Gasteiger charge is 2.24. The number of oxazole rings is 1. The first-order chi connectivity index (χ1) is 14.9. The van der Waals surface area contributed by atoms with Crippen molar-refractivity contribution >= 4 is 33.2 Å². The number of anilines is 1. The minimum atomic E-state index is -3.91. The number of amides is 1. The Morgan fingerprint density at radius 2 is 2.03 bits per heavy atom. The Morgan fingerprint density at radius 1 is 1.26 bits per heavy atom. The van der Waals surface area contributed by atoms with Crippen LogP contribution in [0.15, 0.2) is 52.0 Å². The number of methoxy groups -OCH3 is 1. The van der Waals surface area contributed by atoms with E-state index >= 15 is 0 Å². The van der Waals surface area contributed by atoms with Crippen molar-refractivity contribution in [2.75, 3.05) is 25.6 Å². The van der Waals surface area contributed by atoms with E-state index in [-0.39, 0.29) is 34.7 Å². The fourth-order valence-electron chi connectivity index (χ4n) is 2.97. The second-order valence-electron chi connectivity index (χ2n) is 6.64. The number of hydrogen-bond donors (Lipinski definition) is 2. The highest BCUT2D eigenvalue weighted by molar-refractivity contribution is 7.89. The first-order valence-corrected chi connectivity index (χ1v) is 11.1. The lowest BCUT2D eigenvalue weighted by atomic mass is 10.2. The molecule has 0 atom stereocenters. The molecule has 0 saturated heterocycles. The Morgan fingerprint density at radius 3 is 2.77 bits per heavy atom. The van der Waals surface area contributed by atoms with Gasteiger partial charge in [-0.05, 0) is 30.3 Å². The van der Waals surface area contributed by atoms with E-state index in [4.69, 9.17) is 25.5 Å². The summed E-state index contributed by atoms with van der Waals surface area (Å²) >= 11 is 6.12. The number of benzene rings is 2. The molecule has 11 heteroatoms. The summed E-state index contributed by atoms with van der Waals surface area (Å²) in [6.07, 6.45) is 1.80. The van der Waals surface area contributed by atoms with Gasteiger partial charge in [0.05, 0.1) is 23.5 Å². The number of carbonyl (C=O) groups excluding carboxylic acids is 1. The van der Waals surface area contributed by atoms with Crippen molar-refractivity contribution in [1.29, 1.82) is 0 Å². The number of halogens is 1. The maximum absolute atomic E-state index is 12.7. The zero-order chi connectivity index (χ0) is 22.0. The SMILES string of the molecule is COc1ccc(-c2nc(CCNS(=O)(=O)c3cc4c(cc3Cl)NC(=O)CO4)co2)cc1. The van der Waals surface area contributed by atoms with Crippen molar-refractivity contribution in [3.05, 3.63) is 53.4 Å². The van der Waals surface area contributed by atoms with Crippen LogP contribution in [0.3, 0.4) is 0 Å². The molecule has 0 unspecified atom stereocenters. The Balaban J connectivity index is 1.41. The molecule has 3 aromatic rings. The van der Waals surface area contributed by atoms with Gasteiger partial charge in [0.15, 0.2) is 6.61 Å². The molecule has 0 aliphatic carbocycles. The standard InChI is InChI=1S/C20H18ClN3O6S/c1-28-14-4-2-12(3-5-14)20-23-13(10-30-20)6-7-22-31(26,27)18-9-17-16(8-15(18)21)24-19(25)11-29-17/h2-5,8-10,22H,6-7,11H2,1H3,(H,24,25). The summed E-state index contributed by atoms with van der Waals surface area (Å²) < 4.78 is 43.7. The lowest BCUT2D eigenvalue weighted by molar-refractivity contribution is -0.118. The maximum atomic E-state index is 12.7. The predicted molar refractivity (Wildman–Crippen MR) is 113 cm³/mol. The molecule has 2 N–H and O–H groups in total. The number of sulfonamides is 1. The van der Waals surface area contributed by atoms with E-state index in [2.05, 4.69) is 15.0 Å². The maximum Gasteiger partial charge on any atom is 0.262 e. The molecule has 162 valence electrons. The minimum absolute atomic E-state index is 0.0275. The normalized spacial score (nSPS) is 13.3. The lowest BCUT2D eigenvalue weighted by Gasteiger charge is -2.19. The van der Waals surface area contributed by atoms with Crippen molar-refractivity contribution in [3.63, 3.8) is 0 Å². The van der Waals surface area contributed by atoms with Gasteiger partial charge in [-0.15, -0.1) is 0 Å². The molecule has 2 heterocycles. The van der Waals surface area contributed by atoms with Crippen LogP contribution in [0.2, 0.25) is 5.02 Å². The van der Waals surface area contributed by atoms with Crippen LogP contribution in [0.1, 0.15) is 5.69 Å². The number of ether oxygens (including phenoxy) is 2. The summed E-state index contributed by atoms with van der Waals surface area (Å²) in [5.41, 5.74) is 1.70. The second-order valence-corrected chi connectivity index (χ2v) is 8.78. The fourth-order valence-corrected chi connectivity index (χ4v) is 4.54. The number of rotatable bonds is 7. The molecule has 9 nitrogen and oxygen atoms in total. The topological polar surface area (TPSA) is 120 Å². The van der Waals surface area contributed by atoms with Crippen LogP contribution in [-0.4, -0.2) is 39.6 Å². The van der Waals surface area contributed by atoms with Gasteiger partial charge >= 0.3 is 0 Å². The van der Waals surface area contributed by atoms with Crippen LogP contribution in [-0.2, 0) is 21.2 Å². The number of aromatic nitrogens is 1. The number of carbonyl (C=O) groups is 1. The molecule has 31 heavy (non-hydrogen) atoms. The summed E-state index contributed by atoms with van der Waals surface area (Å²) in [6.45, 7) is -0.105. The largest absolute Gasteiger partial charge is 0.497 e. The fraction of sp³-hybridized carbons (Fsp3) is 0.200. The predicted octanol–water partition coefficient (Wildman–Crippen LogP) is 2.86. The van der Waals surface area contributed by atoms with Gasteiger partial charge < -0.3 is 19.2 Å². The van der Waals surface area contributed by atoms with E-state index in [1.54, 1.807) is 19.2 Å². The third kappa shape index (κ3) is 4.66. The summed E-state index contributed by atoms with van der Waals surface area (Å²) in [5.74, 6) is 1.06. The molecule has 1 amide bonds. The van der Waals surface area contributed by atoms with Crippen molar-refractivity contribution < 1.29 is 27.1 Å². The first kappa shape index (κ1) is 21.2. The minimum Gasteiger partial charge on any atom is -0.497 e. The molecule has 0 saturated carbocycles. The molecule has 2 aromatic carbocycles. The summed E-state index contributed by atoms with van der Waals surface area (Å²) in [7, 11) is -2.32. The molecule has 0 bridgehead atoms.